The van der Waals surface area contributed by atoms with Gasteiger partial charge < -0.3 is 9.64 Å². The number of carbonyl (C=O) groups excluding carboxylic acids is 1. The maximum atomic E-state index is 11.9. The lowest BCUT2D eigenvalue weighted by atomic mass is 10.1. The molecule has 5 heteroatoms. The second-order valence-corrected chi connectivity index (χ2v) is 5.78. The fourth-order valence-corrected chi connectivity index (χ4v) is 1.98. The third-order valence-corrected chi connectivity index (χ3v) is 2.90. The van der Waals surface area contributed by atoms with Gasteiger partial charge in [0.15, 0.2) is 0 Å². The molecule has 0 spiro atoms. The molecule has 1 aromatic rings. The summed E-state index contributed by atoms with van der Waals surface area (Å²) in [4.78, 5) is 13.6. The number of rotatable bonds is 1. The Labute approximate surface area is 113 Å². The second-order valence-electron chi connectivity index (χ2n) is 5.78. The van der Waals surface area contributed by atoms with Crippen molar-refractivity contribution >= 4 is 11.7 Å². The van der Waals surface area contributed by atoms with Gasteiger partial charge in [-0.25, -0.2) is 4.79 Å². The highest BCUT2D eigenvalue weighted by Gasteiger charge is 2.24. The molecular weight excluding hydrogens is 242 g/mol. The van der Waals surface area contributed by atoms with E-state index >= 15 is 0 Å². The smallest absolute Gasteiger partial charge is 0.410 e. The summed E-state index contributed by atoms with van der Waals surface area (Å²) in [6.07, 6.45) is 4.55. The molecule has 0 radical (unpaired) electrons. The van der Waals surface area contributed by atoms with Crippen LogP contribution >= 0.6 is 0 Å². The van der Waals surface area contributed by atoms with Crippen LogP contribution in [0.3, 0.4) is 0 Å². The van der Waals surface area contributed by atoms with Gasteiger partial charge in [-0.2, -0.15) is 5.10 Å². The third kappa shape index (κ3) is 3.59. The highest BCUT2D eigenvalue weighted by molar-refractivity contribution is 5.71. The molecule has 5 nitrogen and oxygen atoms in total. The number of carbonyl (C=O) groups is 1. The highest BCUT2D eigenvalue weighted by atomic mass is 16.6. The highest BCUT2D eigenvalue weighted by Crippen LogP contribution is 2.21. The topological polar surface area (TPSA) is 47.4 Å². The van der Waals surface area contributed by atoms with Crippen LogP contribution in [0, 0.1) is 0 Å². The molecule has 0 aliphatic carbocycles. The maximum Gasteiger partial charge on any atom is 0.410 e. The molecule has 1 amide bonds. The fraction of sp³-hybridized carbons (Fsp3) is 0.571. The van der Waals surface area contributed by atoms with E-state index in [0.717, 1.165) is 12.1 Å². The third-order valence-electron chi connectivity index (χ3n) is 2.90. The molecule has 0 N–H and O–H groups in total. The van der Waals surface area contributed by atoms with Gasteiger partial charge in [0.25, 0.3) is 0 Å². The van der Waals surface area contributed by atoms with Crippen molar-refractivity contribution < 1.29 is 9.53 Å². The SMILES string of the molecule is Cn1ccc(C2=CCN(C(=O)OC(C)(C)C)CC2)n1. The minimum atomic E-state index is -0.442. The van der Waals surface area contributed by atoms with Gasteiger partial charge in [-0.05, 0) is 38.8 Å². The van der Waals surface area contributed by atoms with E-state index in [1.807, 2.05) is 40.1 Å². The van der Waals surface area contributed by atoms with Gasteiger partial charge in [0.05, 0.1) is 5.69 Å². The molecule has 0 bridgehead atoms. The van der Waals surface area contributed by atoms with Gasteiger partial charge in [0, 0.05) is 26.3 Å². The Balaban J connectivity index is 1.98. The summed E-state index contributed by atoms with van der Waals surface area (Å²) < 4.78 is 7.15. The molecule has 0 atom stereocenters. The minimum absolute atomic E-state index is 0.246. The average molecular weight is 263 g/mol. The summed E-state index contributed by atoms with van der Waals surface area (Å²) in [6.45, 7) is 6.90. The Kier molecular flexibility index (Phi) is 3.64. The van der Waals surface area contributed by atoms with E-state index in [2.05, 4.69) is 11.2 Å². The zero-order valence-electron chi connectivity index (χ0n) is 12.0. The number of aromatic nitrogens is 2. The molecule has 104 valence electrons. The molecule has 1 aliphatic heterocycles. The van der Waals surface area contributed by atoms with Crippen molar-refractivity contribution in [3.8, 4) is 0 Å². The lowest BCUT2D eigenvalue weighted by Gasteiger charge is -2.29. The van der Waals surface area contributed by atoms with Crippen LogP contribution in [0.2, 0.25) is 0 Å². The summed E-state index contributed by atoms with van der Waals surface area (Å²) in [5.74, 6) is 0. The first-order valence-corrected chi connectivity index (χ1v) is 6.52. The number of aryl methyl sites for hydroxylation is 1. The van der Waals surface area contributed by atoms with E-state index in [-0.39, 0.29) is 6.09 Å². The van der Waals surface area contributed by atoms with Crippen LogP contribution in [0.15, 0.2) is 18.3 Å². The predicted molar refractivity (Wildman–Crippen MR) is 73.6 cm³/mol. The van der Waals surface area contributed by atoms with Crippen LogP contribution in [-0.2, 0) is 11.8 Å². The van der Waals surface area contributed by atoms with E-state index in [1.165, 1.54) is 5.57 Å². The molecule has 0 saturated heterocycles. The summed E-state index contributed by atoms with van der Waals surface area (Å²) in [7, 11) is 1.90. The Morgan fingerprint density at radius 3 is 2.63 bits per heavy atom. The first-order chi connectivity index (χ1) is 8.85. The van der Waals surface area contributed by atoms with Crippen molar-refractivity contribution in [2.45, 2.75) is 32.8 Å². The van der Waals surface area contributed by atoms with Crippen molar-refractivity contribution in [2.75, 3.05) is 13.1 Å². The van der Waals surface area contributed by atoms with Crippen LogP contribution in [-0.4, -0.2) is 39.5 Å². The van der Waals surface area contributed by atoms with E-state index in [9.17, 15) is 4.79 Å². The molecule has 19 heavy (non-hydrogen) atoms. The predicted octanol–water partition coefficient (Wildman–Crippen LogP) is 2.44. The van der Waals surface area contributed by atoms with Crippen LogP contribution in [0.1, 0.15) is 32.9 Å². The maximum absolute atomic E-state index is 11.9. The molecule has 1 aromatic heterocycles. The zero-order chi connectivity index (χ0) is 14.0. The second kappa shape index (κ2) is 5.07. The minimum Gasteiger partial charge on any atom is -0.444 e. The van der Waals surface area contributed by atoms with E-state index < -0.39 is 5.60 Å². The molecular formula is C14H21N3O2. The van der Waals surface area contributed by atoms with Gasteiger partial charge in [-0.3, -0.25) is 4.68 Å². The van der Waals surface area contributed by atoms with Crippen LogP contribution in [0.5, 0.6) is 0 Å². The summed E-state index contributed by atoms with van der Waals surface area (Å²) in [6, 6.07) is 2.00. The number of hydrogen-bond donors (Lipinski definition) is 0. The lowest BCUT2D eigenvalue weighted by Crippen LogP contribution is -2.39. The van der Waals surface area contributed by atoms with E-state index in [1.54, 1.807) is 9.58 Å². The van der Waals surface area contributed by atoms with Crippen molar-refractivity contribution in [1.29, 1.82) is 0 Å². The van der Waals surface area contributed by atoms with Crippen LogP contribution in [0.4, 0.5) is 4.79 Å². The Bertz CT molecular complexity index is 497. The van der Waals surface area contributed by atoms with Crippen molar-refractivity contribution in [3.63, 3.8) is 0 Å². The van der Waals surface area contributed by atoms with E-state index in [4.69, 9.17) is 4.74 Å². The molecule has 1 aliphatic rings. The first kappa shape index (κ1) is 13.6. The zero-order valence-corrected chi connectivity index (χ0v) is 12.0. The quantitative estimate of drug-likeness (QED) is 0.782. The van der Waals surface area contributed by atoms with Gasteiger partial charge in [0.1, 0.15) is 5.60 Å². The number of ether oxygens (including phenoxy) is 1. The molecule has 2 heterocycles. The number of nitrogens with zero attached hydrogens (tertiary/aromatic N) is 3. The van der Waals surface area contributed by atoms with Gasteiger partial charge >= 0.3 is 6.09 Å². The molecule has 0 saturated carbocycles. The lowest BCUT2D eigenvalue weighted by molar-refractivity contribution is 0.0270. The van der Waals surface area contributed by atoms with Crippen molar-refractivity contribution in [1.82, 2.24) is 14.7 Å². The Hall–Kier alpha value is -1.78. The van der Waals surface area contributed by atoms with E-state index in [0.29, 0.717) is 13.1 Å². The fourth-order valence-electron chi connectivity index (χ4n) is 1.98. The largest absolute Gasteiger partial charge is 0.444 e. The van der Waals surface area contributed by atoms with Gasteiger partial charge in [-0.1, -0.05) is 6.08 Å². The monoisotopic (exact) mass is 263 g/mol. The standard InChI is InChI=1S/C14H21N3O2/c1-14(2,3)19-13(18)17-9-5-11(6-10-17)12-7-8-16(4)15-12/h5,7-8H,6,9-10H2,1-4H3. The summed E-state index contributed by atoms with van der Waals surface area (Å²) >= 11 is 0. The summed E-state index contributed by atoms with van der Waals surface area (Å²) in [5, 5.41) is 4.38. The molecule has 0 unspecified atom stereocenters. The Morgan fingerprint density at radius 1 is 1.42 bits per heavy atom. The number of hydrogen-bond acceptors (Lipinski definition) is 3. The summed E-state index contributed by atoms with van der Waals surface area (Å²) in [5.41, 5.74) is 1.74. The van der Waals surface area contributed by atoms with Gasteiger partial charge in [0.2, 0.25) is 0 Å². The van der Waals surface area contributed by atoms with Crippen molar-refractivity contribution in [2.24, 2.45) is 7.05 Å². The van der Waals surface area contributed by atoms with Crippen LogP contribution < -0.4 is 0 Å². The molecule has 2 rings (SSSR count). The van der Waals surface area contributed by atoms with Crippen molar-refractivity contribution in [3.05, 3.63) is 24.0 Å². The first-order valence-electron chi connectivity index (χ1n) is 6.52. The Morgan fingerprint density at radius 2 is 2.16 bits per heavy atom. The molecule has 0 fully saturated rings. The molecule has 0 aromatic carbocycles. The number of amides is 1. The van der Waals surface area contributed by atoms with Crippen LogP contribution in [0.25, 0.3) is 5.57 Å². The average Bonchev–Trinajstić information content (AvgIpc) is 2.74. The normalized spacial score (nSPS) is 16.2. The van der Waals surface area contributed by atoms with Gasteiger partial charge in [-0.15, -0.1) is 0 Å².